The van der Waals surface area contributed by atoms with Gasteiger partial charge in [0, 0.05) is 17.0 Å². The van der Waals surface area contributed by atoms with Crippen LogP contribution in [0.25, 0.3) is 0 Å². The number of hydrogen-bond acceptors (Lipinski definition) is 8. The highest BCUT2D eigenvalue weighted by atomic mass is 35.5. The van der Waals surface area contributed by atoms with Gasteiger partial charge in [-0.25, -0.2) is 4.98 Å². The van der Waals surface area contributed by atoms with Crippen LogP contribution in [0.2, 0.25) is 5.02 Å². The van der Waals surface area contributed by atoms with Gasteiger partial charge in [-0.3, -0.25) is 20.3 Å². The molecular formula is C14H13ClN4O4S. The normalized spacial score (nSPS) is 10.8. The number of carbonyl (C=O) groups is 1. The molecule has 0 amide bonds. The molecule has 1 N–H and O–H groups in total. The smallest absolute Gasteiger partial charge is 0.311 e. The number of nitro benzene ring substituents is 1. The van der Waals surface area contributed by atoms with Gasteiger partial charge >= 0.3 is 5.97 Å². The molecule has 0 unspecified atom stereocenters. The SMILES string of the molecule is CCOC(=O)Cc1csc(N/N=C/c2ccc(Cl)c([N+](=O)[O-])c2)n1. The second-order valence-electron chi connectivity index (χ2n) is 4.46. The molecule has 0 saturated carbocycles. The van der Waals surface area contributed by atoms with Crippen LogP contribution in [0, 0.1) is 10.1 Å². The lowest BCUT2D eigenvalue weighted by Crippen LogP contribution is -2.07. The van der Waals surface area contributed by atoms with Crippen LogP contribution in [0.5, 0.6) is 0 Å². The van der Waals surface area contributed by atoms with Crippen LogP contribution < -0.4 is 5.43 Å². The number of esters is 1. The quantitative estimate of drug-likeness (QED) is 0.348. The van der Waals surface area contributed by atoms with E-state index in [0.29, 0.717) is 23.0 Å². The molecule has 126 valence electrons. The first-order valence-electron chi connectivity index (χ1n) is 6.82. The molecule has 0 bridgehead atoms. The molecule has 24 heavy (non-hydrogen) atoms. The highest BCUT2D eigenvalue weighted by molar-refractivity contribution is 7.13. The van der Waals surface area contributed by atoms with E-state index in [1.165, 1.54) is 29.7 Å². The Morgan fingerprint density at radius 2 is 2.38 bits per heavy atom. The first-order valence-corrected chi connectivity index (χ1v) is 8.08. The van der Waals surface area contributed by atoms with Crippen molar-refractivity contribution in [3.8, 4) is 0 Å². The maximum absolute atomic E-state index is 11.4. The van der Waals surface area contributed by atoms with Gasteiger partial charge < -0.3 is 4.74 Å². The standard InChI is InChI=1S/C14H13ClN4O4S/c1-2-23-13(20)6-10-8-24-14(17-10)18-16-7-9-3-4-11(15)12(5-9)19(21)22/h3-5,7-8H,2,6H2,1H3,(H,17,18)/b16-7+. The molecule has 0 aliphatic rings. The van der Waals surface area contributed by atoms with E-state index in [4.69, 9.17) is 16.3 Å². The van der Waals surface area contributed by atoms with Crippen molar-refractivity contribution in [2.75, 3.05) is 12.0 Å². The van der Waals surface area contributed by atoms with E-state index in [-0.39, 0.29) is 23.1 Å². The summed E-state index contributed by atoms with van der Waals surface area (Å²) in [6.45, 7) is 2.06. The van der Waals surface area contributed by atoms with Crippen molar-refractivity contribution < 1.29 is 14.5 Å². The fourth-order valence-electron chi connectivity index (χ4n) is 1.71. The zero-order chi connectivity index (χ0) is 17.5. The molecule has 0 aliphatic carbocycles. The van der Waals surface area contributed by atoms with Crippen molar-refractivity contribution in [2.45, 2.75) is 13.3 Å². The number of carbonyl (C=O) groups excluding carboxylic acids is 1. The van der Waals surface area contributed by atoms with E-state index < -0.39 is 4.92 Å². The Labute approximate surface area is 146 Å². The van der Waals surface area contributed by atoms with Crippen LogP contribution in [-0.4, -0.2) is 28.7 Å². The number of benzene rings is 1. The zero-order valence-electron chi connectivity index (χ0n) is 12.6. The third-order valence-corrected chi connectivity index (χ3v) is 3.84. The van der Waals surface area contributed by atoms with Gasteiger partial charge in [0.25, 0.3) is 5.69 Å². The van der Waals surface area contributed by atoms with E-state index in [9.17, 15) is 14.9 Å². The Kier molecular flexibility index (Phi) is 6.21. The molecule has 0 fully saturated rings. The summed E-state index contributed by atoms with van der Waals surface area (Å²) < 4.78 is 4.84. The highest BCUT2D eigenvalue weighted by Crippen LogP contribution is 2.24. The second kappa shape index (κ2) is 8.37. The maximum Gasteiger partial charge on any atom is 0.311 e. The van der Waals surface area contributed by atoms with Gasteiger partial charge in [0.05, 0.1) is 29.9 Å². The number of rotatable bonds is 7. The maximum atomic E-state index is 11.4. The van der Waals surface area contributed by atoms with Crippen molar-refractivity contribution in [3.05, 3.63) is 50.0 Å². The Hall–Kier alpha value is -2.52. The molecule has 1 heterocycles. The Morgan fingerprint density at radius 1 is 1.58 bits per heavy atom. The van der Waals surface area contributed by atoms with Gasteiger partial charge in [0.1, 0.15) is 5.02 Å². The summed E-state index contributed by atoms with van der Waals surface area (Å²) in [7, 11) is 0. The predicted octanol–water partition coefficient (Wildman–Crippen LogP) is 3.26. The van der Waals surface area contributed by atoms with Gasteiger partial charge in [0.2, 0.25) is 5.13 Å². The second-order valence-corrected chi connectivity index (χ2v) is 5.73. The predicted molar refractivity (Wildman–Crippen MR) is 91.8 cm³/mol. The lowest BCUT2D eigenvalue weighted by molar-refractivity contribution is -0.384. The number of aromatic nitrogens is 1. The number of nitrogens with zero attached hydrogens (tertiary/aromatic N) is 3. The van der Waals surface area contributed by atoms with Gasteiger partial charge in [-0.1, -0.05) is 17.7 Å². The van der Waals surface area contributed by atoms with Crippen LogP contribution >= 0.6 is 22.9 Å². The van der Waals surface area contributed by atoms with Gasteiger partial charge in [-0.2, -0.15) is 5.10 Å². The molecule has 1 aromatic carbocycles. The molecule has 1 aromatic heterocycles. The molecule has 2 aromatic rings. The summed E-state index contributed by atoms with van der Waals surface area (Å²) in [5.74, 6) is -0.341. The number of anilines is 1. The highest BCUT2D eigenvalue weighted by Gasteiger charge is 2.12. The van der Waals surface area contributed by atoms with E-state index in [0.717, 1.165) is 0 Å². The first-order chi connectivity index (χ1) is 11.5. The molecule has 0 saturated heterocycles. The topological polar surface area (TPSA) is 107 Å². The molecule has 8 nitrogen and oxygen atoms in total. The summed E-state index contributed by atoms with van der Waals surface area (Å²) >= 11 is 7.02. The van der Waals surface area contributed by atoms with Gasteiger partial charge in [-0.15, -0.1) is 11.3 Å². The number of hydrogen-bond donors (Lipinski definition) is 1. The molecule has 0 radical (unpaired) electrons. The molecule has 10 heteroatoms. The van der Waals surface area contributed by atoms with E-state index >= 15 is 0 Å². The lowest BCUT2D eigenvalue weighted by atomic mass is 10.2. The third-order valence-electron chi connectivity index (χ3n) is 2.72. The Balaban J connectivity index is 1.97. The summed E-state index contributed by atoms with van der Waals surface area (Å²) in [4.78, 5) is 25.8. The summed E-state index contributed by atoms with van der Waals surface area (Å²) in [6.07, 6.45) is 1.51. The van der Waals surface area contributed by atoms with Crippen molar-refractivity contribution in [1.29, 1.82) is 0 Å². The minimum atomic E-state index is -0.560. The minimum Gasteiger partial charge on any atom is -0.466 e. The van der Waals surface area contributed by atoms with Crippen LogP contribution in [-0.2, 0) is 16.0 Å². The molecule has 0 aliphatic heterocycles. The summed E-state index contributed by atoms with van der Waals surface area (Å²) in [5.41, 5.74) is 3.61. The number of nitrogens with one attached hydrogen (secondary N) is 1. The van der Waals surface area contributed by atoms with Crippen LogP contribution in [0.15, 0.2) is 28.7 Å². The van der Waals surface area contributed by atoms with Gasteiger partial charge in [-0.05, 0) is 13.0 Å². The Bertz CT molecular complexity index is 778. The monoisotopic (exact) mass is 368 g/mol. The molecular weight excluding hydrogens is 356 g/mol. The van der Waals surface area contributed by atoms with E-state index in [1.807, 2.05) is 0 Å². The zero-order valence-corrected chi connectivity index (χ0v) is 14.1. The van der Waals surface area contributed by atoms with Crippen molar-refractivity contribution in [3.63, 3.8) is 0 Å². The van der Waals surface area contributed by atoms with Gasteiger partial charge in [0.15, 0.2) is 0 Å². The number of nitro groups is 1. The van der Waals surface area contributed by atoms with Crippen molar-refractivity contribution in [2.24, 2.45) is 5.10 Å². The average Bonchev–Trinajstić information content (AvgIpc) is 2.96. The lowest BCUT2D eigenvalue weighted by Gasteiger charge is -1.98. The number of halogens is 1. The molecule has 0 atom stereocenters. The number of ether oxygens (including phenoxy) is 1. The van der Waals surface area contributed by atoms with E-state index in [2.05, 4.69) is 15.5 Å². The van der Waals surface area contributed by atoms with Crippen LogP contribution in [0.1, 0.15) is 18.2 Å². The number of hydrazone groups is 1. The van der Waals surface area contributed by atoms with Crippen LogP contribution in [0.4, 0.5) is 10.8 Å². The Morgan fingerprint density at radius 3 is 3.08 bits per heavy atom. The fraction of sp³-hybridized carbons (Fsp3) is 0.214. The third kappa shape index (κ3) is 5.00. The molecule has 2 rings (SSSR count). The van der Waals surface area contributed by atoms with Crippen molar-refractivity contribution in [1.82, 2.24) is 4.98 Å². The fourth-order valence-corrected chi connectivity index (χ4v) is 2.56. The van der Waals surface area contributed by atoms with Crippen LogP contribution in [0.3, 0.4) is 0 Å². The summed E-state index contributed by atoms with van der Waals surface area (Å²) in [6, 6.07) is 4.36. The largest absolute Gasteiger partial charge is 0.466 e. The first kappa shape index (κ1) is 17.8. The number of thiazole rings is 1. The molecule has 0 spiro atoms. The van der Waals surface area contributed by atoms with E-state index in [1.54, 1.807) is 18.4 Å². The average molecular weight is 369 g/mol. The van der Waals surface area contributed by atoms with Crippen molar-refractivity contribution >= 4 is 45.9 Å². The minimum absolute atomic E-state index is 0.0636. The summed E-state index contributed by atoms with van der Waals surface area (Å²) in [5, 5.41) is 17.1.